The van der Waals surface area contributed by atoms with Crippen molar-refractivity contribution in [1.29, 1.82) is 0 Å². The van der Waals surface area contributed by atoms with Crippen molar-refractivity contribution in [2.24, 2.45) is 0 Å². The number of fused-ring (bicyclic) bond motifs is 1. The molecule has 3 rings (SSSR count). The van der Waals surface area contributed by atoms with Crippen molar-refractivity contribution >= 4 is 34.5 Å². The first-order chi connectivity index (χ1) is 11.5. The van der Waals surface area contributed by atoms with E-state index in [2.05, 4.69) is 20.3 Å². The minimum absolute atomic E-state index is 0.0145. The molecule has 122 valence electrons. The second kappa shape index (κ2) is 6.25. The van der Waals surface area contributed by atoms with E-state index in [1.165, 1.54) is 24.4 Å². The standard InChI is InChI=1S/C15H10ClFN4O3/c16-9-3-7(1-2-10(9)17)4-19-14(22)13-12-11(20-6-21-13)8(5-18-12)15(23)24/h1-3,5-6,18H,4H2,(H,19,22)(H,23,24). The van der Waals surface area contributed by atoms with E-state index < -0.39 is 17.7 Å². The van der Waals surface area contributed by atoms with Gasteiger partial charge in [0.1, 0.15) is 23.2 Å². The van der Waals surface area contributed by atoms with Crippen LogP contribution in [0.5, 0.6) is 0 Å². The van der Waals surface area contributed by atoms with Crippen molar-refractivity contribution in [3.8, 4) is 0 Å². The Morgan fingerprint density at radius 3 is 2.83 bits per heavy atom. The Bertz CT molecular complexity index is 957. The van der Waals surface area contributed by atoms with Crippen molar-refractivity contribution < 1.29 is 19.1 Å². The molecule has 9 heteroatoms. The summed E-state index contributed by atoms with van der Waals surface area (Å²) in [6.45, 7) is 0.108. The number of benzene rings is 1. The average Bonchev–Trinajstić information content (AvgIpc) is 3.00. The Labute approximate surface area is 139 Å². The molecule has 0 atom stereocenters. The molecule has 2 heterocycles. The second-order valence-corrected chi connectivity index (χ2v) is 5.29. The van der Waals surface area contributed by atoms with Gasteiger partial charge >= 0.3 is 5.97 Å². The van der Waals surface area contributed by atoms with E-state index in [1.54, 1.807) is 0 Å². The molecule has 0 saturated heterocycles. The van der Waals surface area contributed by atoms with Crippen LogP contribution in [0.2, 0.25) is 5.02 Å². The average molecular weight is 349 g/mol. The van der Waals surface area contributed by atoms with Crippen molar-refractivity contribution in [1.82, 2.24) is 20.3 Å². The fraction of sp³-hybridized carbons (Fsp3) is 0.0667. The lowest BCUT2D eigenvalue weighted by Crippen LogP contribution is -2.24. The lowest BCUT2D eigenvalue weighted by atomic mass is 10.2. The maximum atomic E-state index is 13.1. The Balaban J connectivity index is 1.83. The van der Waals surface area contributed by atoms with Crippen LogP contribution in [-0.4, -0.2) is 31.9 Å². The highest BCUT2D eigenvalue weighted by Gasteiger charge is 2.18. The summed E-state index contributed by atoms with van der Waals surface area (Å²) in [7, 11) is 0. The number of H-pyrrole nitrogens is 1. The predicted octanol–water partition coefficient (Wildman–Crippen LogP) is 2.38. The Hall–Kier alpha value is -3.00. The molecule has 0 aliphatic heterocycles. The first-order valence-corrected chi connectivity index (χ1v) is 7.12. The van der Waals surface area contributed by atoms with Gasteiger partial charge in [0.15, 0.2) is 5.69 Å². The maximum Gasteiger partial charge on any atom is 0.339 e. The van der Waals surface area contributed by atoms with E-state index in [9.17, 15) is 14.0 Å². The molecule has 0 fully saturated rings. The van der Waals surface area contributed by atoms with E-state index in [1.807, 2.05) is 0 Å². The SMILES string of the molecule is O=C(O)c1c[nH]c2c(C(=O)NCc3ccc(F)c(Cl)c3)ncnc12. The first kappa shape index (κ1) is 15.9. The number of carbonyl (C=O) groups excluding carboxylic acids is 1. The van der Waals surface area contributed by atoms with Gasteiger partial charge in [0, 0.05) is 12.7 Å². The molecular formula is C15H10ClFN4O3. The number of carboxylic acids is 1. The van der Waals surface area contributed by atoms with Crippen LogP contribution in [0.4, 0.5) is 4.39 Å². The van der Waals surface area contributed by atoms with E-state index in [0.717, 1.165) is 6.33 Å². The number of rotatable bonds is 4. The van der Waals surface area contributed by atoms with Gasteiger partial charge in [-0.15, -0.1) is 0 Å². The summed E-state index contributed by atoms with van der Waals surface area (Å²) in [5, 5.41) is 11.7. The normalized spacial score (nSPS) is 10.8. The van der Waals surface area contributed by atoms with Gasteiger partial charge in [-0.3, -0.25) is 4.79 Å². The predicted molar refractivity (Wildman–Crippen MR) is 83.4 cm³/mol. The van der Waals surface area contributed by atoms with E-state index in [0.29, 0.717) is 5.56 Å². The number of aromatic amines is 1. The fourth-order valence-corrected chi connectivity index (χ4v) is 2.39. The Morgan fingerprint density at radius 1 is 1.33 bits per heavy atom. The number of carbonyl (C=O) groups is 2. The molecule has 1 aromatic carbocycles. The topological polar surface area (TPSA) is 108 Å². The summed E-state index contributed by atoms with van der Waals surface area (Å²) in [5.41, 5.74) is 0.947. The zero-order chi connectivity index (χ0) is 17.3. The number of hydrogen-bond donors (Lipinski definition) is 3. The molecule has 3 aromatic rings. The molecule has 7 nitrogen and oxygen atoms in total. The molecular weight excluding hydrogens is 339 g/mol. The van der Waals surface area contributed by atoms with Gasteiger partial charge < -0.3 is 15.4 Å². The molecule has 0 saturated carbocycles. The van der Waals surface area contributed by atoms with Crippen molar-refractivity contribution in [3.05, 3.63) is 58.4 Å². The molecule has 3 N–H and O–H groups in total. The van der Waals surface area contributed by atoms with Gasteiger partial charge in [0.2, 0.25) is 0 Å². The Morgan fingerprint density at radius 2 is 2.12 bits per heavy atom. The number of nitrogens with zero attached hydrogens (tertiary/aromatic N) is 2. The quantitative estimate of drug-likeness (QED) is 0.671. The summed E-state index contributed by atoms with van der Waals surface area (Å²) >= 11 is 5.69. The van der Waals surface area contributed by atoms with Crippen LogP contribution in [0.1, 0.15) is 26.4 Å². The maximum absolute atomic E-state index is 13.1. The smallest absolute Gasteiger partial charge is 0.339 e. The summed E-state index contributed by atoms with van der Waals surface area (Å²) < 4.78 is 13.1. The summed E-state index contributed by atoms with van der Waals surface area (Å²) in [4.78, 5) is 33.9. The number of nitrogens with one attached hydrogen (secondary N) is 2. The van der Waals surface area contributed by atoms with Crippen LogP contribution in [-0.2, 0) is 6.54 Å². The van der Waals surface area contributed by atoms with Crippen LogP contribution < -0.4 is 5.32 Å². The molecule has 0 unspecified atom stereocenters. The van der Waals surface area contributed by atoms with Crippen LogP contribution in [0.25, 0.3) is 11.0 Å². The van der Waals surface area contributed by atoms with Crippen LogP contribution >= 0.6 is 11.6 Å². The monoisotopic (exact) mass is 348 g/mol. The van der Waals surface area contributed by atoms with E-state index >= 15 is 0 Å². The second-order valence-electron chi connectivity index (χ2n) is 4.88. The third-order valence-corrected chi connectivity index (χ3v) is 3.64. The lowest BCUT2D eigenvalue weighted by molar-refractivity contribution is 0.0698. The van der Waals surface area contributed by atoms with Crippen LogP contribution in [0.3, 0.4) is 0 Å². The summed E-state index contributed by atoms with van der Waals surface area (Å²) in [6, 6.07) is 4.11. The van der Waals surface area contributed by atoms with Crippen molar-refractivity contribution in [2.75, 3.05) is 0 Å². The van der Waals surface area contributed by atoms with Crippen LogP contribution in [0.15, 0.2) is 30.7 Å². The highest BCUT2D eigenvalue weighted by atomic mass is 35.5. The first-order valence-electron chi connectivity index (χ1n) is 6.75. The van der Waals surface area contributed by atoms with Crippen LogP contribution in [0, 0.1) is 5.82 Å². The molecule has 0 spiro atoms. The highest BCUT2D eigenvalue weighted by molar-refractivity contribution is 6.30. The summed E-state index contributed by atoms with van der Waals surface area (Å²) in [5.74, 6) is -2.23. The zero-order valence-corrected chi connectivity index (χ0v) is 12.8. The number of amides is 1. The third kappa shape index (κ3) is 2.91. The number of halogens is 2. The molecule has 2 aromatic heterocycles. The minimum atomic E-state index is -1.16. The summed E-state index contributed by atoms with van der Waals surface area (Å²) in [6.07, 6.45) is 2.37. The minimum Gasteiger partial charge on any atom is -0.478 e. The zero-order valence-electron chi connectivity index (χ0n) is 12.0. The van der Waals surface area contributed by atoms with Gasteiger partial charge in [-0.1, -0.05) is 17.7 Å². The van der Waals surface area contributed by atoms with Gasteiger partial charge in [-0.2, -0.15) is 0 Å². The molecule has 24 heavy (non-hydrogen) atoms. The molecule has 1 amide bonds. The molecule has 0 aliphatic rings. The lowest BCUT2D eigenvalue weighted by Gasteiger charge is -2.06. The third-order valence-electron chi connectivity index (χ3n) is 3.35. The number of aromatic nitrogens is 3. The number of aromatic carboxylic acids is 1. The van der Waals surface area contributed by atoms with Crippen molar-refractivity contribution in [2.45, 2.75) is 6.54 Å². The number of carboxylic acid groups (broad SMARTS) is 1. The Kier molecular flexibility index (Phi) is 4.13. The van der Waals surface area contributed by atoms with Gasteiger partial charge in [-0.05, 0) is 17.7 Å². The molecule has 0 radical (unpaired) electrons. The fourth-order valence-electron chi connectivity index (χ4n) is 2.19. The van der Waals surface area contributed by atoms with E-state index in [-0.39, 0.29) is 33.9 Å². The van der Waals surface area contributed by atoms with Gasteiger partial charge in [0.25, 0.3) is 5.91 Å². The highest BCUT2D eigenvalue weighted by Crippen LogP contribution is 2.18. The van der Waals surface area contributed by atoms with Gasteiger partial charge in [0.05, 0.1) is 10.5 Å². The molecule has 0 aliphatic carbocycles. The molecule has 0 bridgehead atoms. The number of hydrogen-bond acceptors (Lipinski definition) is 4. The largest absolute Gasteiger partial charge is 0.478 e. The van der Waals surface area contributed by atoms with Crippen molar-refractivity contribution in [3.63, 3.8) is 0 Å². The van der Waals surface area contributed by atoms with E-state index in [4.69, 9.17) is 16.7 Å². The van der Waals surface area contributed by atoms with Gasteiger partial charge in [-0.25, -0.2) is 19.2 Å².